The minimum absolute atomic E-state index is 0.263. The van der Waals surface area contributed by atoms with E-state index in [9.17, 15) is 4.79 Å². The van der Waals surface area contributed by atoms with Crippen LogP contribution in [0.1, 0.15) is 29.4 Å². The number of anilines is 2. The van der Waals surface area contributed by atoms with Crippen molar-refractivity contribution >= 4 is 28.8 Å². The molecule has 102 valence electrons. The second-order valence-electron chi connectivity index (χ2n) is 4.04. The molecule has 6 nitrogen and oxygen atoms in total. The summed E-state index contributed by atoms with van der Waals surface area (Å²) in [6.45, 7) is 2.84. The lowest BCUT2D eigenvalue weighted by atomic mass is 10.1. The molecule has 0 aliphatic rings. The highest BCUT2D eigenvalue weighted by molar-refractivity contribution is 7.03. The third kappa shape index (κ3) is 3.30. The van der Waals surface area contributed by atoms with Crippen LogP contribution in [-0.2, 0) is 0 Å². The van der Waals surface area contributed by atoms with Gasteiger partial charge in [-0.2, -0.15) is 5.26 Å². The molecule has 0 saturated carbocycles. The van der Waals surface area contributed by atoms with Crippen LogP contribution in [0.4, 0.5) is 11.4 Å². The van der Waals surface area contributed by atoms with Crippen LogP contribution in [0.25, 0.3) is 0 Å². The van der Waals surface area contributed by atoms with Crippen LogP contribution in [0.5, 0.6) is 0 Å². The van der Waals surface area contributed by atoms with Crippen molar-refractivity contribution in [2.45, 2.75) is 13.3 Å². The molecule has 0 saturated heterocycles. The molecular weight excluding hydrogens is 274 g/mol. The summed E-state index contributed by atoms with van der Waals surface area (Å²) in [5.41, 5.74) is 2.09. The maximum absolute atomic E-state index is 12.0. The Morgan fingerprint density at radius 2 is 2.30 bits per heavy atom. The predicted molar refractivity (Wildman–Crippen MR) is 77.8 cm³/mol. The Morgan fingerprint density at radius 1 is 1.45 bits per heavy atom. The lowest BCUT2D eigenvalue weighted by molar-refractivity contribution is 0.102. The zero-order valence-corrected chi connectivity index (χ0v) is 11.7. The van der Waals surface area contributed by atoms with E-state index >= 15 is 0 Å². The fourth-order valence-corrected chi connectivity index (χ4v) is 2.02. The number of carbonyl (C=O) groups excluding carboxylic acids is 1. The second-order valence-corrected chi connectivity index (χ2v) is 4.65. The number of nitriles is 1. The highest BCUT2D eigenvalue weighted by Gasteiger charge is 2.12. The fraction of sp³-hybridized carbons (Fsp3) is 0.231. The summed E-state index contributed by atoms with van der Waals surface area (Å²) in [5.74, 6) is -0.339. The van der Waals surface area contributed by atoms with Crippen molar-refractivity contribution in [3.8, 4) is 6.07 Å². The molecule has 2 rings (SSSR count). The summed E-state index contributed by atoms with van der Waals surface area (Å²) < 4.78 is 3.65. The van der Waals surface area contributed by atoms with Crippen LogP contribution in [0.3, 0.4) is 0 Å². The highest BCUT2D eigenvalue weighted by Crippen LogP contribution is 2.23. The average molecular weight is 287 g/mol. The highest BCUT2D eigenvalue weighted by atomic mass is 32.1. The van der Waals surface area contributed by atoms with Gasteiger partial charge in [-0.05, 0) is 36.2 Å². The lowest BCUT2D eigenvalue weighted by Crippen LogP contribution is -2.14. The molecule has 20 heavy (non-hydrogen) atoms. The topological polar surface area (TPSA) is 90.7 Å². The summed E-state index contributed by atoms with van der Waals surface area (Å²) in [6.07, 6.45) is 0.962. The van der Waals surface area contributed by atoms with Gasteiger partial charge in [-0.3, -0.25) is 4.79 Å². The Kier molecular flexibility index (Phi) is 4.63. The van der Waals surface area contributed by atoms with Gasteiger partial charge in [0.05, 0.1) is 23.0 Å². The molecule has 1 aromatic heterocycles. The quantitative estimate of drug-likeness (QED) is 0.881. The summed E-state index contributed by atoms with van der Waals surface area (Å²) in [4.78, 5) is 12.0. The first-order chi connectivity index (χ1) is 9.74. The molecule has 2 N–H and O–H groups in total. The zero-order valence-electron chi connectivity index (χ0n) is 10.9. The largest absolute Gasteiger partial charge is 0.383 e. The monoisotopic (exact) mass is 287 g/mol. The molecule has 1 heterocycles. The molecule has 0 radical (unpaired) electrons. The molecular formula is C13H13N5OS. The number of hydrogen-bond acceptors (Lipinski definition) is 6. The Hall–Kier alpha value is -2.46. The van der Waals surface area contributed by atoms with E-state index in [1.54, 1.807) is 23.6 Å². The maximum Gasteiger partial charge on any atom is 0.277 e. The van der Waals surface area contributed by atoms with Crippen molar-refractivity contribution in [1.29, 1.82) is 5.26 Å². The number of carbonyl (C=O) groups is 1. The number of hydrogen-bond donors (Lipinski definition) is 2. The lowest BCUT2D eigenvalue weighted by Gasteiger charge is -2.12. The number of rotatable bonds is 5. The normalized spacial score (nSPS) is 9.80. The van der Waals surface area contributed by atoms with Crippen molar-refractivity contribution in [1.82, 2.24) is 9.59 Å². The van der Waals surface area contributed by atoms with Gasteiger partial charge >= 0.3 is 0 Å². The van der Waals surface area contributed by atoms with Gasteiger partial charge in [0.2, 0.25) is 0 Å². The number of amides is 1. The third-order valence-corrected chi connectivity index (χ3v) is 3.06. The van der Waals surface area contributed by atoms with E-state index in [2.05, 4.69) is 33.2 Å². The van der Waals surface area contributed by atoms with Crippen LogP contribution < -0.4 is 10.6 Å². The minimum atomic E-state index is -0.339. The smallest absolute Gasteiger partial charge is 0.277 e. The first-order valence-electron chi connectivity index (χ1n) is 6.11. The Labute approximate surface area is 120 Å². The van der Waals surface area contributed by atoms with Crippen LogP contribution in [0.2, 0.25) is 0 Å². The summed E-state index contributed by atoms with van der Waals surface area (Å²) in [5, 5.41) is 20.2. The molecule has 0 unspecified atom stereocenters. The first kappa shape index (κ1) is 14.0. The van der Waals surface area contributed by atoms with E-state index in [4.69, 9.17) is 5.26 Å². The van der Waals surface area contributed by atoms with Crippen molar-refractivity contribution in [3.63, 3.8) is 0 Å². The van der Waals surface area contributed by atoms with Crippen molar-refractivity contribution in [2.75, 3.05) is 17.2 Å². The van der Waals surface area contributed by atoms with Crippen LogP contribution in [0, 0.1) is 11.3 Å². The standard InChI is InChI=1S/C13H13N5OS/c1-2-5-15-10-4-3-9(7-14)6-11(10)16-13(19)12-8-20-18-17-12/h3-4,6,8,15H,2,5H2,1H3,(H,16,19). The van der Waals surface area contributed by atoms with Gasteiger partial charge < -0.3 is 10.6 Å². The van der Waals surface area contributed by atoms with Crippen molar-refractivity contribution in [3.05, 3.63) is 34.8 Å². The number of benzene rings is 1. The molecule has 0 bridgehead atoms. The van der Waals surface area contributed by atoms with E-state index in [-0.39, 0.29) is 11.6 Å². The van der Waals surface area contributed by atoms with Gasteiger partial charge in [-0.1, -0.05) is 11.4 Å². The predicted octanol–water partition coefficient (Wildman–Crippen LogP) is 2.48. The number of nitrogens with one attached hydrogen (secondary N) is 2. The van der Waals surface area contributed by atoms with E-state index in [0.717, 1.165) is 30.2 Å². The van der Waals surface area contributed by atoms with Crippen LogP contribution in [-0.4, -0.2) is 22.0 Å². The zero-order chi connectivity index (χ0) is 14.4. The van der Waals surface area contributed by atoms with Gasteiger partial charge in [-0.15, -0.1) is 5.10 Å². The van der Waals surface area contributed by atoms with Gasteiger partial charge in [0, 0.05) is 11.9 Å². The molecule has 0 atom stereocenters. The maximum atomic E-state index is 12.0. The number of aromatic nitrogens is 2. The first-order valence-corrected chi connectivity index (χ1v) is 6.94. The van der Waals surface area contributed by atoms with E-state index in [0.29, 0.717) is 11.3 Å². The molecule has 1 aromatic carbocycles. The summed E-state index contributed by atoms with van der Waals surface area (Å²) >= 11 is 1.11. The number of nitrogens with zero attached hydrogens (tertiary/aromatic N) is 3. The Morgan fingerprint density at radius 3 is 2.95 bits per heavy atom. The van der Waals surface area contributed by atoms with E-state index in [1.807, 2.05) is 0 Å². The average Bonchev–Trinajstić information content (AvgIpc) is 3.00. The summed E-state index contributed by atoms with van der Waals surface area (Å²) in [6, 6.07) is 7.18. The third-order valence-electron chi connectivity index (χ3n) is 2.55. The molecule has 1 amide bonds. The second kappa shape index (κ2) is 6.63. The Balaban J connectivity index is 2.23. The summed E-state index contributed by atoms with van der Waals surface area (Å²) in [7, 11) is 0. The molecule has 0 aliphatic heterocycles. The Bertz CT molecular complexity index is 633. The van der Waals surface area contributed by atoms with Gasteiger partial charge in [-0.25, -0.2) is 0 Å². The van der Waals surface area contributed by atoms with Crippen LogP contribution >= 0.6 is 11.5 Å². The molecule has 0 aliphatic carbocycles. The molecule has 7 heteroatoms. The van der Waals surface area contributed by atoms with Gasteiger partial charge in [0.1, 0.15) is 0 Å². The minimum Gasteiger partial charge on any atom is -0.383 e. The van der Waals surface area contributed by atoms with Crippen LogP contribution in [0.15, 0.2) is 23.6 Å². The van der Waals surface area contributed by atoms with E-state index < -0.39 is 0 Å². The van der Waals surface area contributed by atoms with Gasteiger partial charge in [0.15, 0.2) is 5.69 Å². The molecule has 0 spiro atoms. The molecule has 0 fully saturated rings. The van der Waals surface area contributed by atoms with E-state index in [1.165, 1.54) is 0 Å². The van der Waals surface area contributed by atoms with Crippen molar-refractivity contribution < 1.29 is 4.79 Å². The van der Waals surface area contributed by atoms with Crippen molar-refractivity contribution in [2.24, 2.45) is 0 Å². The molecule has 2 aromatic rings. The SMILES string of the molecule is CCCNc1ccc(C#N)cc1NC(=O)c1csnn1. The van der Waals surface area contributed by atoms with Gasteiger partial charge in [0.25, 0.3) is 5.91 Å². The fourth-order valence-electron chi connectivity index (χ4n) is 1.58.